The second-order valence-corrected chi connectivity index (χ2v) is 7.38. The van der Waals surface area contributed by atoms with Crippen LogP contribution in [-0.4, -0.2) is 52.0 Å². The maximum absolute atomic E-state index is 12.9. The van der Waals surface area contributed by atoms with Crippen molar-refractivity contribution in [3.8, 4) is 0 Å². The lowest BCUT2D eigenvalue weighted by molar-refractivity contribution is -0.136. The van der Waals surface area contributed by atoms with Crippen LogP contribution in [0.3, 0.4) is 0 Å². The van der Waals surface area contributed by atoms with Crippen molar-refractivity contribution in [3.63, 3.8) is 0 Å². The fourth-order valence-electron chi connectivity index (χ4n) is 1.95. The molecular formula is C18H23NO6S. The van der Waals surface area contributed by atoms with Crippen LogP contribution in [0, 0.1) is 6.92 Å². The number of aryl methyl sites for hydroxylation is 1. The molecule has 0 aliphatic rings. The first-order chi connectivity index (χ1) is 12.2. The standard InChI is InChI=1S/C18H23NO6S/c1-14-7-9-16(10-8-14)26(22,23)19(12-5-6-17(20)24-3)13-11-15(2)18(21)25-4/h5-11H,12-13H2,1-4H3/b6-5+,15-11+. The first-order valence-corrected chi connectivity index (χ1v) is 9.22. The second kappa shape index (κ2) is 9.88. The third kappa shape index (κ3) is 6.12. The Balaban J connectivity index is 3.13. The smallest absolute Gasteiger partial charge is 0.333 e. The molecule has 1 rings (SSSR count). The van der Waals surface area contributed by atoms with Crippen LogP contribution in [0.15, 0.2) is 53.0 Å². The molecule has 0 atom stereocenters. The second-order valence-electron chi connectivity index (χ2n) is 5.44. The average Bonchev–Trinajstić information content (AvgIpc) is 2.63. The summed E-state index contributed by atoms with van der Waals surface area (Å²) in [7, 11) is -1.34. The number of esters is 2. The topological polar surface area (TPSA) is 90.0 Å². The van der Waals surface area contributed by atoms with Gasteiger partial charge >= 0.3 is 11.9 Å². The maximum atomic E-state index is 12.9. The van der Waals surface area contributed by atoms with Gasteiger partial charge in [-0.3, -0.25) is 0 Å². The van der Waals surface area contributed by atoms with Crippen molar-refractivity contribution >= 4 is 22.0 Å². The van der Waals surface area contributed by atoms with Gasteiger partial charge in [-0.1, -0.05) is 29.8 Å². The number of carbonyl (C=O) groups is 2. The number of ether oxygens (including phenoxy) is 2. The molecule has 0 fully saturated rings. The van der Waals surface area contributed by atoms with Gasteiger partial charge < -0.3 is 9.47 Å². The van der Waals surface area contributed by atoms with E-state index in [-0.39, 0.29) is 23.6 Å². The van der Waals surface area contributed by atoms with Crippen molar-refractivity contribution in [2.75, 3.05) is 27.3 Å². The van der Waals surface area contributed by atoms with Gasteiger partial charge in [0.2, 0.25) is 10.0 Å². The molecule has 0 unspecified atom stereocenters. The van der Waals surface area contributed by atoms with Crippen LogP contribution < -0.4 is 0 Å². The van der Waals surface area contributed by atoms with E-state index >= 15 is 0 Å². The normalized spacial score (nSPS) is 12.4. The fourth-order valence-corrected chi connectivity index (χ4v) is 3.28. The first kappa shape index (κ1) is 21.6. The molecule has 0 heterocycles. The van der Waals surface area contributed by atoms with E-state index in [1.807, 2.05) is 6.92 Å². The maximum Gasteiger partial charge on any atom is 0.333 e. The molecule has 0 radical (unpaired) electrons. The van der Waals surface area contributed by atoms with Crippen LogP contribution in [0.4, 0.5) is 0 Å². The quantitative estimate of drug-likeness (QED) is 0.504. The summed E-state index contributed by atoms with van der Waals surface area (Å²) in [5.41, 5.74) is 1.22. The van der Waals surface area contributed by atoms with Gasteiger partial charge in [0.25, 0.3) is 0 Å². The molecule has 0 aliphatic carbocycles. The highest BCUT2D eigenvalue weighted by molar-refractivity contribution is 7.89. The third-order valence-corrected chi connectivity index (χ3v) is 5.38. The van der Waals surface area contributed by atoms with E-state index in [1.165, 1.54) is 45.4 Å². The summed E-state index contributed by atoms with van der Waals surface area (Å²) in [6.45, 7) is 3.28. The zero-order valence-corrected chi connectivity index (χ0v) is 16.1. The minimum absolute atomic E-state index is 0.0529. The number of carbonyl (C=O) groups excluding carboxylic acids is 2. The minimum Gasteiger partial charge on any atom is -0.466 e. The zero-order valence-electron chi connectivity index (χ0n) is 15.3. The highest BCUT2D eigenvalue weighted by Crippen LogP contribution is 2.17. The number of methoxy groups -OCH3 is 2. The first-order valence-electron chi connectivity index (χ1n) is 7.78. The van der Waals surface area contributed by atoms with Gasteiger partial charge in [0.05, 0.1) is 19.1 Å². The summed E-state index contributed by atoms with van der Waals surface area (Å²) in [5, 5.41) is 0. The lowest BCUT2D eigenvalue weighted by atomic mass is 10.2. The molecule has 26 heavy (non-hydrogen) atoms. The van der Waals surface area contributed by atoms with Gasteiger partial charge in [0.1, 0.15) is 0 Å². The Morgan fingerprint density at radius 3 is 2.23 bits per heavy atom. The number of hydrogen-bond acceptors (Lipinski definition) is 6. The number of benzene rings is 1. The van der Waals surface area contributed by atoms with Crippen molar-refractivity contribution in [2.45, 2.75) is 18.7 Å². The van der Waals surface area contributed by atoms with Gasteiger partial charge in [0.15, 0.2) is 0 Å². The molecule has 0 amide bonds. The van der Waals surface area contributed by atoms with Crippen molar-refractivity contribution in [1.29, 1.82) is 0 Å². The molecule has 7 nitrogen and oxygen atoms in total. The fraction of sp³-hybridized carbons (Fsp3) is 0.333. The van der Waals surface area contributed by atoms with E-state index in [4.69, 9.17) is 0 Å². The predicted octanol–water partition coefficient (Wildman–Crippen LogP) is 1.83. The molecule has 0 aromatic heterocycles. The van der Waals surface area contributed by atoms with E-state index in [2.05, 4.69) is 9.47 Å². The number of sulfonamides is 1. The largest absolute Gasteiger partial charge is 0.466 e. The molecule has 0 saturated carbocycles. The Morgan fingerprint density at radius 2 is 1.69 bits per heavy atom. The molecule has 1 aromatic rings. The van der Waals surface area contributed by atoms with E-state index in [0.29, 0.717) is 0 Å². The molecule has 8 heteroatoms. The summed E-state index contributed by atoms with van der Waals surface area (Å²) in [5.74, 6) is -1.12. The lowest BCUT2D eigenvalue weighted by Gasteiger charge is -2.19. The highest BCUT2D eigenvalue weighted by Gasteiger charge is 2.23. The van der Waals surface area contributed by atoms with Crippen LogP contribution in [0.2, 0.25) is 0 Å². The summed E-state index contributed by atoms with van der Waals surface area (Å²) < 4.78 is 36.0. The molecule has 142 valence electrons. The molecule has 0 spiro atoms. The van der Waals surface area contributed by atoms with Crippen LogP contribution in [-0.2, 0) is 29.1 Å². The Hall–Kier alpha value is -2.45. The molecule has 0 N–H and O–H groups in total. The van der Waals surface area contributed by atoms with Crippen molar-refractivity contribution < 1.29 is 27.5 Å². The summed E-state index contributed by atoms with van der Waals surface area (Å²) in [6, 6.07) is 6.42. The minimum atomic E-state index is -3.82. The predicted molar refractivity (Wildman–Crippen MR) is 96.9 cm³/mol. The molecule has 0 bridgehead atoms. The van der Waals surface area contributed by atoms with Crippen molar-refractivity contribution in [1.82, 2.24) is 4.31 Å². The number of hydrogen-bond donors (Lipinski definition) is 0. The number of rotatable bonds is 8. The molecular weight excluding hydrogens is 358 g/mol. The summed E-state index contributed by atoms with van der Waals surface area (Å²) in [4.78, 5) is 22.8. The Labute approximate surface area is 154 Å². The SMILES string of the molecule is COC(=O)/C=C/CN(C/C=C(\C)C(=O)OC)S(=O)(=O)c1ccc(C)cc1. The van der Waals surface area contributed by atoms with Crippen LogP contribution in [0.25, 0.3) is 0 Å². The van der Waals surface area contributed by atoms with E-state index in [1.54, 1.807) is 12.1 Å². The van der Waals surface area contributed by atoms with E-state index in [9.17, 15) is 18.0 Å². The zero-order chi connectivity index (χ0) is 19.7. The average molecular weight is 381 g/mol. The van der Waals surface area contributed by atoms with Gasteiger partial charge in [-0.15, -0.1) is 0 Å². The van der Waals surface area contributed by atoms with Gasteiger partial charge in [-0.05, 0) is 26.0 Å². The van der Waals surface area contributed by atoms with Crippen molar-refractivity contribution in [3.05, 3.63) is 53.6 Å². The Kier molecular flexibility index (Phi) is 8.21. The van der Waals surface area contributed by atoms with Crippen molar-refractivity contribution in [2.24, 2.45) is 0 Å². The monoisotopic (exact) mass is 381 g/mol. The van der Waals surface area contributed by atoms with Gasteiger partial charge in [-0.2, -0.15) is 4.31 Å². The van der Waals surface area contributed by atoms with Gasteiger partial charge in [-0.25, -0.2) is 18.0 Å². The lowest BCUT2D eigenvalue weighted by Crippen LogP contribution is -2.32. The Morgan fingerprint density at radius 1 is 1.08 bits per heavy atom. The molecule has 0 aliphatic heterocycles. The van der Waals surface area contributed by atoms with Gasteiger partial charge in [0, 0.05) is 24.7 Å². The Bertz CT molecular complexity index is 793. The molecule has 0 saturated heterocycles. The number of nitrogens with zero attached hydrogens (tertiary/aromatic N) is 1. The highest BCUT2D eigenvalue weighted by atomic mass is 32.2. The van der Waals surface area contributed by atoms with Crippen LogP contribution in [0.5, 0.6) is 0 Å². The molecule has 1 aromatic carbocycles. The van der Waals surface area contributed by atoms with Crippen LogP contribution in [0.1, 0.15) is 12.5 Å². The third-order valence-electron chi connectivity index (χ3n) is 3.53. The van der Waals surface area contributed by atoms with E-state index < -0.39 is 22.0 Å². The summed E-state index contributed by atoms with van der Waals surface area (Å²) >= 11 is 0. The summed E-state index contributed by atoms with van der Waals surface area (Å²) in [6.07, 6.45) is 4.00. The van der Waals surface area contributed by atoms with Crippen LogP contribution >= 0.6 is 0 Å². The van der Waals surface area contributed by atoms with E-state index in [0.717, 1.165) is 15.9 Å².